The predicted molar refractivity (Wildman–Crippen MR) is 83.6 cm³/mol. The van der Waals surface area contributed by atoms with E-state index in [0.717, 1.165) is 6.07 Å². The summed E-state index contributed by atoms with van der Waals surface area (Å²) in [6, 6.07) is 7.25. The summed E-state index contributed by atoms with van der Waals surface area (Å²) in [5.41, 5.74) is 11.1. The Morgan fingerprint density at radius 2 is 1.92 bits per heavy atom. The van der Waals surface area contributed by atoms with Gasteiger partial charge in [0.05, 0.1) is 11.6 Å². The maximum Gasteiger partial charge on any atom is 0.416 e. The molecular weight excluding hydrogens is 321 g/mol. The molecule has 0 spiro atoms. The van der Waals surface area contributed by atoms with Crippen LogP contribution in [0.5, 0.6) is 0 Å². The van der Waals surface area contributed by atoms with E-state index in [9.17, 15) is 18.0 Å². The molecule has 2 aromatic rings. The lowest BCUT2D eigenvalue weighted by atomic mass is 10.00. The first-order valence-electron chi connectivity index (χ1n) is 7.16. The van der Waals surface area contributed by atoms with Crippen molar-refractivity contribution in [3.63, 3.8) is 0 Å². The van der Waals surface area contributed by atoms with E-state index < -0.39 is 23.7 Å². The minimum Gasteiger partial charge on any atom is -0.384 e. The lowest BCUT2D eigenvalue weighted by Crippen LogP contribution is -2.42. The molecule has 0 fully saturated rings. The number of hydrogen-bond acceptors (Lipinski definition) is 4. The third-order valence-electron chi connectivity index (χ3n) is 3.41. The summed E-state index contributed by atoms with van der Waals surface area (Å²) < 4.78 is 38.8. The number of nitrogens with one attached hydrogen (secondary N) is 1. The Morgan fingerprint density at radius 3 is 2.54 bits per heavy atom. The van der Waals surface area contributed by atoms with Crippen LogP contribution in [0.2, 0.25) is 0 Å². The number of carbonyl (C=O) groups is 1. The summed E-state index contributed by atoms with van der Waals surface area (Å²) in [6.45, 7) is 0.167. The van der Waals surface area contributed by atoms with Crippen LogP contribution in [-0.4, -0.2) is 16.9 Å². The van der Waals surface area contributed by atoms with Crippen molar-refractivity contribution in [3.05, 3.63) is 59.3 Å². The summed E-state index contributed by atoms with van der Waals surface area (Å²) in [4.78, 5) is 15.9. The van der Waals surface area contributed by atoms with Gasteiger partial charge in [-0.05, 0) is 29.7 Å². The standard InChI is InChI=1S/C16H17F3N4O/c17-16(18,19)12-4-2-1-3-11(12)7-13(20)15(24)23-9-10-5-6-14(21)22-8-10/h1-6,8,13H,7,9,20H2,(H2,21,22)(H,23,24)/t13-/m0/s1. The van der Waals surface area contributed by atoms with Crippen molar-refractivity contribution < 1.29 is 18.0 Å². The average molecular weight is 338 g/mol. The molecular formula is C16H17F3N4O. The number of pyridine rings is 1. The zero-order chi connectivity index (χ0) is 17.7. The second-order valence-electron chi connectivity index (χ2n) is 5.27. The van der Waals surface area contributed by atoms with Gasteiger partial charge in [0.25, 0.3) is 0 Å². The first kappa shape index (κ1) is 17.7. The van der Waals surface area contributed by atoms with Gasteiger partial charge < -0.3 is 16.8 Å². The fourth-order valence-electron chi connectivity index (χ4n) is 2.17. The van der Waals surface area contributed by atoms with Crippen LogP contribution in [-0.2, 0) is 23.9 Å². The molecule has 1 amide bonds. The van der Waals surface area contributed by atoms with Gasteiger partial charge in [0, 0.05) is 12.7 Å². The van der Waals surface area contributed by atoms with E-state index in [1.54, 1.807) is 12.1 Å². The topological polar surface area (TPSA) is 94.0 Å². The Labute approximate surface area is 136 Å². The smallest absolute Gasteiger partial charge is 0.384 e. The Bertz CT molecular complexity index is 701. The van der Waals surface area contributed by atoms with Crippen molar-refractivity contribution >= 4 is 11.7 Å². The number of carbonyl (C=O) groups excluding carboxylic acids is 1. The van der Waals surface area contributed by atoms with E-state index in [1.165, 1.54) is 24.4 Å². The number of aromatic nitrogens is 1. The minimum atomic E-state index is -4.48. The van der Waals surface area contributed by atoms with Crippen molar-refractivity contribution in [3.8, 4) is 0 Å². The van der Waals surface area contributed by atoms with Gasteiger partial charge in [-0.1, -0.05) is 24.3 Å². The van der Waals surface area contributed by atoms with Crippen LogP contribution in [0.1, 0.15) is 16.7 Å². The molecule has 1 aromatic carbocycles. The average Bonchev–Trinajstić information content (AvgIpc) is 2.53. The zero-order valence-electron chi connectivity index (χ0n) is 12.7. The molecule has 0 saturated carbocycles. The molecule has 0 aliphatic rings. The highest BCUT2D eigenvalue weighted by molar-refractivity contribution is 5.81. The molecule has 1 atom stereocenters. The lowest BCUT2D eigenvalue weighted by molar-refractivity contribution is -0.138. The van der Waals surface area contributed by atoms with Crippen LogP contribution in [0.4, 0.5) is 19.0 Å². The molecule has 5 nitrogen and oxygen atoms in total. The molecule has 0 bridgehead atoms. The normalized spacial score (nSPS) is 12.7. The van der Waals surface area contributed by atoms with Crippen LogP contribution in [0.25, 0.3) is 0 Å². The number of amides is 1. The predicted octanol–water partition coefficient (Wildman–Crippen LogP) is 1.87. The maximum absolute atomic E-state index is 12.9. The van der Waals surface area contributed by atoms with Crippen LogP contribution >= 0.6 is 0 Å². The van der Waals surface area contributed by atoms with Gasteiger partial charge in [0.1, 0.15) is 5.82 Å². The summed E-state index contributed by atoms with van der Waals surface area (Å²) in [5, 5.41) is 2.57. The molecule has 0 radical (unpaired) electrons. The Hall–Kier alpha value is -2.61. The largest absolute Gasteiger partial charge is 0.416 e. The summed E-state index contributed by atoms with van der Waals surface area (Å²) in [6.07, 6.45) is -3.19. The highest BCUT2D eigenvalue weighted by Gasteiger charge is 2.33. The van der Waals surface area contributed by atoms with Crippen molar-refractivity contribution in [2.75, 3.05) is 5.73 Å². The Balaban J connectivity index is 1.98. The number of benzene rings is 1. The van der Waals surface area contributed by atoms with Crippen molar-refractivity contribution in [2.45, 2.75) is 25.2 Å². The zero-order valence-corrected chi connectivity index (χ0v) is 12.7. The summed E-state index contributed by atoms with van der Waals surface area (Å²) >= 11 is 0. The first-order chi connectivity index (χ1) is 11.3. The number of halogens is 3. The van der Waals surface area contributed by atoms with Crippen molar-refractivity contribution in [2.24, 2.45) is 5.73 Å². The fraction of sp³-hybridized carbons (Fsp3) is 0.250. The second-order valence-corrected chi connectivity index (χ2v) is 5.27. The number of nitrogens with zero attached hydrogens (tertiary/aromatic N) is 1. The molecule has 24 heavy (non-hydrogen) atoms. The summed E-state index contributed by atoms with van der Waals surface area (Å²) in [5.74, 6) is -0.186. The van der Waals surface area contributed by atoms with Crippen molar-refractivity contribution in [1.82, 2.24) is 10.3 Å². The van der Waals surface area contributed by atoms with E-state index >= 15 is 0 Å². The highest BCUT2D eigenvalue weighted by Crippen LogP contribution is 2.32. The van der Waals surface area contributed by atoms with E-state index in [-0.39, 0.29) is 18.5 Å². The van der Waals surface area contributed by atoms with Crippen LogP contribution < -0.4 is 16.8 Å². The molecule has 2 rings (SSSR count). The van der Waals surface area contributed by atoms with Gasteiger partial charge in [0.15, 0.2) is 0 Å². The van der Waals surface area contributed by atoms with Crippen LogP contribution in [0.15, 0.2) is 42.6 Å². The molecule has 0 saturated heterocycles. The number of alkyl halides is 3. The Morgan fingerprint density at radius 1 is 1.21 bits per heavy atom. The molecule has 1 heterocycles. The minimum absolute atomic E-state index is 0.0122. The number of nitrogens with two attached hydrogens (primary N) is 2. The van der Waals surface area contributed by atoms with Gasteiger partial charge in [-0.2, -0.15) is 13.2 Å². The monoisotopic (exact) mass is 338 g/mol. The maximum atomic E-state index is 12.9. The molecule has 0 unspecified atom stereocenters. The molecule has 5 N–H and O–H groups in total. The second kappa shape index (κ2) is 7.31. The van der Waals surface area contributed by atoms with Gasteiger partial charge in [-0.25, -0.2) is 4.98 Å². The van der Waals surface area contributed by atoms with E-state index in [2.05, 4.69) is 10.3 Å². The molecule has 8 heteroatoms. The van der Waals surface area contributed by atoms with E-state index in [4.69, 9.17) is 11.5 Å². The quantitative estimate of drug-likeness (QED) is 0.776. The SMILES string of the molecule is Nc1ccc(CNC(=O)[C@@H](N)Cc2ccccc2C(F)(F)F)cn1. The van der Waals surface area contributed by atoms with Gasteiger partial charge in [-0.15, -0.1) is 0 Å². The highest BCUT2D eigenvalue weighted by atomic mass is 19.4. The van der Waals surface area contributed by atoms with Crippen LogP contribution in [0.3, 0.4) is 0 Å². The third kappa shape index (κ3) is 4.69. The molecule has 128 valence electrons. The third-order valence-corrected chi connectivity index (χ3v) is 3.41. The van der Waals surface area contributed by atoms with Gasteiger partial charge in [-0.3, -0.25) is 4.79 Å². The molecule has 0 aliphatic heterocycles. The number of rotatable bonds is 5. The Kier molecular flexibility index (Phi) is 5.40. The van der Waals surface area contributed by atoms with Crippen LogP contribution in [0, 0.1) is 0 Å². The van der Waals surface area contributed by atoms with Gasteiger partial charge in [0.2, 0.25) is 5.91 Å². The number of nitrogen functional groups attached to an aromatic ring is 1. The number of anilines is 1. The van der Waals surface area contributed by atoms with E-state index in [1.807, 2.05) is 0 Å². The van der Waals surface area contributed by atoms with Gasteiger partial charge >= 0.3 is 6.18 Å². The lowest BCUT2D eigenvalue weighted by Gasteiger charge is -2.16. The molecule has 0 aliphatic carbocycles. The van der Waals surface area contributed by atoms with E-state index in [0.29, 0.717) is 11.4 Å². The number of hydrogen-bond donors (Lipinski definition) is 3. The van der Waals surface area contributed by atoms with Crippen molar-refractivity contribution in [1.29, 1.82) is 0 Å². The molecule has 1 aromatic heterocycles. The summed E-state index contributed by atoms with van der Waals surface area (Å²) in [7, 11) is 0. The fourth-order valence-corrected chi connectivity index (χ4v) is 2.17. The first-order valence-corrected chi connectivity index (χ1v) is 7.16.